The highest BCUT2D eigenvalue weighted by atomic mass is 16.6. The highest BCUT2D eigenvalue weighted by Gasteiger charge is 2.38. The number of esters is 1. The van der Waals surface area contributed by atoms with Crippen LogP contribution in [0.2, 0.25) is 0 Å². The third kappa shape index (κ3) is 2.03. The van der Waals surface area contributed by atoms with E-state index in [0.29, 0.717) is 19.1 Å². The van der Waals surface area contributed by atoms with Crippen molar-refractivity contribution in [2.45, 2.75) is 18.8 Å². The number of carbonyl (C=O) groups is 1. The Labute approximate surface area is 106 Å². The predicted octanol–water partition coefficient (Wildman–Crippen LogP) is 2.12. The number of ether oxygens (including phenoxy) is 3. The first kappa shape index (κ1) is 11.4. The van der Waals surface area contributed by atoms with Crippen LogP contribution >= 0.6 is 0 Å². The fourth-order valence-electron chi connectivity index (χ4n) is 2.41. The molecule has 0 aromatic heterocycles. The lowest BCUT2D eigenvalue weighted by atomic mass is 9.94. The molecule has 0 saturated heterocycles. The Hall–Kier alpha value is -1.71. The molecule has 0 amide bonds. The van der Waals surface area contributed by atoms with E-state index in [1.54, 1.807) is 0 Å². The maximum absolute atomic E-state index is 11.9. The van der Waals surface area contributed by atoms with Crippen molar-refractivity contribution in [3.05, 3.63) is 23.8 Å². The van der Waals surface area contributed by atoms with Crippen LogP contribution < -0.4 is 9.47 Å². The Morgan fingerprint density at radius 1 is 1.28 bits per heavy atom. The van der Waals surface area contributed by atoms with Crippen molar-refractivity contribution in [3.63, 3.8) is 0 Å². The number of carbonyl (C=O) groups excluding carboxylic acids is 1. The molecule has 4 heteroatoms. The number of methoxy groups -OCH3 is 1. The molecule has 1 atom stereocenters. The van der Waals surface area contributed by atoms with E-state index < -0.39 is 0 Å². The second-order valence-corrected chi connectivity index (χ2v) is 4.74. The van der Waals surface area contributed by atoms with Gasteiger partial charge in [-0.3, -0.25) is 4.79 Å². The first-order valence-corrected chi connectivity index (χ1v) is 6.27. The quantitative estimate of drug-likeness (QED) is 0.769. The van der Waals surface area contributed by atoms with E-state index in [1.165, 1.54) is 7.11 Å². The lowest BCUT2D eigenvalue weighted by molar-refractivity contribution is -0.143. The van der Waals surface area contributed by atoms with E-state index in [1.807, 2.05) is 18.2 Å². The molecule has 96 valence electrons. The summed E-state index contributed by atoms with van der Waals surface area (Å²) in [6, 6.07) is 5.73. The van der Waals surface area contributed by atoms with Gasteiger partial charge >= 0.3 is 5.97 Å². The summed E-state index contributed by atoms with van der Waals surface area (Å²) < 4.78 is 15.9. The molecule has 1 aromatic carbocycles. The highest BCUT2D eigenvalue weighted by molar-refractivity contribution is 5.79. The van der Waals surface area contributed by atoms with Crippen molar-refractivity contribution < 1.29 is 19.0 Å². The van der Waals surface area contributed by atoms with Crippen molar-refractivity contribution in [2.24, 2.45) is 5.92 Å². The molecule has 0 N–H and O–H groups in total. The van der Waals surface area contributed by atoms with Crippen molar-refractivity contribution in [1.29, 1.82) is 0 Å². The third-order valence-electron chi connectivity index (χ3n) is 3.47. The second kappa shape index (κ2) is 4.52. The van der Waals surface area contributed by atoms with Crippen LogP contribution in [0.25, 0.3) is 0 Å². The molecule has 0 bridgehead atoms. The van der Waals surface area contributed by atoms with Crippen LogP contribution in [-0.4, -0.2) is 26.3 Å². The molecule has 1 fully saturated rings. The van der Waals surface area contributed by atoms with Crippen molar-refractivity contribution in [1.82, 2.24) is 0 Å². The van der Waals surface area contributed by atoms with Crippen molar-refractivity contribution in [3.8, 4) is 11.5 Å². The largest absolute Gasteiger partial charge is 0.486 e. The summed E-state index contributed by atoms with van der Waals surface area (Å²) in [5, 5.41) is 0. The molecule has 1 aromatic rings. The van der Waals surface area contributed by atoms with Crippen LogP contribution in [0, 0.1) is 5.92 Å². The summed E-state index contributed by atoms with van der Waals surface area (Å²) in [7, 11) is 1.44. The standard InChI is InChI=1S/C14H16O4/c1-16-14(15)13(9-2-3-9)10-4-5-11-12(8-10)18-7-6-17-11/h4-5,8-9,13H,2-3,6-7H2,1H3. The van der Waals surface area contributed by atoms with E-state index >= 15 is 0 Å². The average molecular weight is 248 g/mol. The van der Waals surface area contributed by atoms with Gasteiger partial charge in [-0.15, -0.1) is 0 Å². The molecular formula is C14H16O4. The molecular weight excluding hydrogens is 232 g/mol. The lowest BCUT2D eigenvalue weighted by Gasteiger charge is -2.21. The molecule has 4 nitrogen and oxygen atoms in total. The molecule has 18 heavy (non-hydrogen) atoms. The molecule has 1 unspecified atom stereocenters. The summed E-state index contributed by atoms with van der Waals surface area (Å²) in [5.41, 5.74) is 0.966. The second-order valence-electron chi connectivity index (χ2n) is 4.74. The van der Waals surface area contributed by atoms with E-state index in [9.17, 15) is 4.79 Å². The minimum atomic E-state index is -0.161. The fourth-order valence-corrected chi connectivity index (χ4v) is 2.41. The zero-order chi connectivity index (χ0) is 12.5. The van der Waals surface area contributed by atoms with Gasteiger partial charge in [0.2, 0.25) is 0 Å². The normalized spacial score (nSPS) is 19.2. The summed E-state index contributed by atoms with van der Waals surface area (Å²) in [5.74, 6) is 1.58. The molecule has 0 radical (unpaired) electrons. The third-order valence-corrected chi connectivity index (χ3v) is 3.47. The number of rotatable bonds is 3. The summed E-state index contributed by atoms with van der Waals surface area (Å²) in [6.45, 7) is 1.14. The molecule has 3 rings (SSSR count). The van der Waals surface area contributed by atoms with Crippen LogP contribution in [-0.2, 0) is 9.53 Å². The SMILES string of the molecule is COC(=O)C(c1ccc2c(c1)OCCO2)C1CC1. The van der Waals surface area contributed by atoms with Gasteiger partial charge in [-0.2, -0.15) is 0 Å². The Balaban J connectivity index is 1.92. The minimum Gasteiger partial charge on any atom is -0.486 e. The van der Waals surface area contributed by atoms with Gasteiger partial charge in [0.15, 0.2) is 11.5 Å². The van der Waals surface area contributed by atoms with Crippen LogP contribution in [0.1, 0.15) is 24.3 Å². The number of hydrogen-bond donors (Lipinski definition) is 0. The van der Waals surface area contributed by atoms with Crippen LogP contribution in [0.3, 0.4) is 0 Å². The van der Waals surface area contributed by atoms with Gasteiger partial charge < -0.3 is 14.2 Å². The monoisotopic (exact) mass is 248 g/mol. The summed E-state index contributed by atoms with van der Waals surface area (Å²) in [4.78, 5) is 11.9. The smallest absolute Gasteiger partial charge is 0.313 e. The van der Waals surface area contributed by atoms with Gasteiger partial charge in [-0.1, -0.05) is 6.07 Å². The minimum absolute atomic E-state index is 0.158. The molecule has 1 saturated carbocycles. The maximum atomic E-state index is 11.9. The molecule has 1 heterocycles. The van der Waals surface area contributed by atoms with Crippen molar-refractivity contribution >= 4 is 5.97 Å². The van der Waals surface area contributed by atoms with E-state index in [0.717, 1.165) is 29.9 Å². The number of fused-ring (bicyclic) bond motifs is 1. The zero-order valence-corrected chi connectivity index (χ0v) is 10.3. The molecule has 0 spiro atoms. The van der Waals surface area contributed by atoms with E-state index in [4.69, 9.17) is 14.2 Å². The van der Waals surface area contributed by atoms with Gasteiger partial charge in [0.05, 0.1) is 13.0 Å². The Morgan fingerprint density at radius 3 is 2.67 bits per heavy atom. The number of hydrogen-bond acceptors (Lipinski definition) is 4. The molecule has 2 aliphatic rings. The first-order valence-electron chi connectivity index (χ1n) is 6.27. The van der Waals surface area contributed by atoms with Gasteiger partial charge in [-0.25, -0.2) is 0 Å². The average Bonchev–Trinajstić information content (AvgIpc) is 3.23. The van der Waals surface area contributed by atoms with Crippen LogP contribution in [0.15, 0.2) is 18.2 Å². The van der Waals surface area contributed by atoms with Crippen LogP contribution in [0.5, 0.6) is 11.5 Å². The van der Waals surface area contributed by atoms with E-state index in [2.05, 4.69) is 0 Å². The van der Waals surface area contributed by atoms with Gasteiger partial charge in [-0.05, 0) is 36.5 Å². The molecule has 1 aliphatic heterocycles. The predicted molar refractivity (Wildman–Crippen MR) is 64.9 cm³/mol. The Morgan fingerprint density at radius 2 is 2.00 bits per heavy atom. The zero-order valence-electron chi connectivity index (χ0n) is 10.3. The maximum Gasteiger partial charge on any atom is 0.313 e. The van der Waals surface area contributed by atoms with Gasteiger partial charge in [0, 0.05) is 0 Å². The summed E-state index contributed by atoms with van der Waals surface area (Å²) in [6.07, 6.45) is 2.18. The van der Waals surface area contributed by atoms with Gasteiger partial charge in [0.25, 0.3) is 0 Å². The van der Waals surface area contributed by atoms with Crippen molar-refractivity contribution in [2.75, 3.05) is 20.3 Å². The topological polar surface area (TPSA) is 44.8 Å². The summed E-state index contributed by atoms with van der Waals surface area (Å²) >= 11 is 0. The highest BCUT2D eigenvalue weighted by Crippen LogP contribution is 2.45. The first-order chi connectivity index (χ1) is 8.79. The van der Waals surface area contributed by atoms with Gasteiger partial charge in [0.1, 0.15) is 13.2 Å². The lowest BCUT2D eigenvalue weighted by Crippen LogP contribution is -2.18. The van der Waals surface area contributed by atoms with E-state index in [-0.39, 0.29) is 11.9 Å². The fraction of sp³-hybridized carbons (Fsp3) is 0.500. The molecule has 1 aliphatic carbocycles. The Kier molecular flexibility index (Phi) is 2.86. The number of benzene rings is 1. The Bertz CT molecular complexity index is 465. The van der Waals surface area contributed by atoms with Crippen LogP contribution in [0.4, 0.5) is 0 Å².